The van der Waals surface area contributed by atoms with Crippen LogP contribution < -0.4 is 5.32 Å². The molecule has 1 amide bonds. The Morgan fingerprint density at radius 2 is 1.96 bits per heavy atom. The molecule has 0 aromatic carbocycles. The number of hydrogen-bond donors (Lipinski definition) is 2. The lowest BCUT2D eigenvalue weighted by molar-refractivity contribution is -0.141. The van der Waals surface area contributed by atoms with Crippen molar-refractivity contribution in [1.29, 1.82) is 0 Å². The molecule has 25 heavy (non-hydrogen) atoms. The van der Waals surface area contributed by atoms with Crippen LogP contribution in [0.15, 0.2) is 18.2 Å². The standard InChI is InChI=1S/C15H19F3N2O4S/c1-14(2,3)24-13(23)20-10(12(21)22)8-25-7-9-5-4-6-11(19-9)15(16,17)18/h4-6,10H,7-8H2,1-3H3,(H,20,23)(H,21,22)/t10-/m0/s1. The number of nitrogens with one attached hydrogen (secondary N) is 1. The summed E-state index contributed by atoms with van der Waals surface area (Å²) < 4.78 is 42.8. The minimum absolute atomic E-state index is 0.0491. The van der Waals surface area contributed by atoms with Gasteiger partial charge in [-0.2, -0.15) is 24.9 Å². The van der Waals surface area contributed by atoms with Crippen LogP contribution in [-0.2, 0) is 21.5 Å². The van der Waals surface area contributed by atoms with Gasteiger partial charge in [0, 0.05) is 11.5 Å². The van der Waals surface area contributed by atoms with Crippen LogP contribution in [0, 0.1) is 0 Å². The molecule has 140 valence electrons. The lowest BCUT2D eigenvalue weighted by Gasteiger charge is -2.21. The molecular formula is C15H19F3N2O4S. The van der Waals surface area contributed by atoms with Gasteiger partial charge >= 0.3 is 18.2 Å². The summed E-state index contributed by atoms with van der Waals surface area (Å²) in [6, 6.07) is 2.28. The number of nitrogens with zero attached hydrogens (tertiary/aromatic N) is 1. The number of carbonyl (C=O) groups is 2. The number of rotatable bonds is 6. The second-order valence-corrected chi connectivity index (χ2v) is 7.09. The summed E-state index contributed by atoms with van der Waals surface area (Å²) in [6.07, 6.45) is -5.42. The third-order valence-corrected chi connectivity index (χ3v) is 3.69. The highest BCUT2D eigenvalue weighted by atomic mass is 32.2. The number of aliphatic carboxylic acids is 1. The molecule has 0 radical (unpaired) electrons. The van der Waals surface area contributed by atoms with E-state index in [0.717, 1.165) is 17.8 Å². The van der Waals surface area contributed by atoms with Crippen LogP contribution >= 0.6 is 11.8 Å². The van der Waals surface area contributed by atoms with Gasteiger partial charge in [-0.15, -0.1) is 0 Å². The topological polar surface area (TPSA) is 88.5 Å². The molecule has 0 saturated carbocycles. The molecule has 0 aliphatic rings. The summed E-state index contributed by atoms with van der Waals surface area (Å²) in [6.45, 7) is 4.91. The Balaban J connectivity index is 2.59. The lowest BCUT2D eigenvalue weighted by atomic mass is 10.2. The number of carbonyl (C=O) groups excluding carboxylic acids is 1. The number of amides is 1. The average molecular weight is 380 g/mol. The van der Waals surface area contributed by atoms with Crippen molar-refractivity contribution in [1.82, 2.24) is 10.3 Å². The zero-order chi connectivity index (χ0) is 19.3. The SMILES string of the molecule is CC(C)(C)OC(=O)N[C@@H](CSCc1cccc(C(F)(F)F)n1)C(=O)O. The first-order valence-electron chi connectivity index (χ1n) is 7.21. The smallest absolute Gasteiger partial charge is 0.433 e. The molecule has 1 aromatic rings. The van der Waals surface area contributed by atoms with Crippen molar-refractivity contribution >= 4 is 23.8 Å². The van der Waals surface area contributed by atoms with E-state index >= 15 is 0 Å². The van der Waals surface area contributed by atoms with Crippen molar-refractivity contribution in [3.8, 4) is 0 Å². The Morgan fingerprint density at radius 3 is 2.48 bits per heavy atom. The van der Waals surface area contributed by atoms with E-state index in [1.807, 2.05) is 0 Å². The third-order valence-electron chi connectivity index (χ3n) is 2.62. The van der Waals surface area contributed by atoms with Crippen LogP contribution in [0.25, 0.3) is 0 Å². The van der Waals surface area contributed by atoms with E-state index in [1.54, 1.807) is 20.8 Å². The Morgan fingerprint density at radius 1 is 1.32 bits per heavy atom. The van der Waals surface area contributed by atoms with E-state index in [2.05, 4.69) is 10.3 Å². The van der Waals surface area contributed by atoms with Crippen molar-refractivity contribution < 1.29 is 32.6 Å². The summed E-state index contributed by atoms with van der Waals surface area (Å²) in [7, 11) is 0. The number of alkyl carbamates (subject to hydrolysis) is 1. The molecular weight excluding hydrogens is 361 g/mol. The number of alkyl halides is 3. The largest absolute Gasteiger partial charge is 0.480 e. The van der Waals surface area contributed by atoms with E-state index < -0.39 is 35.6 Å². The van der Waals surface area contributed by atoms with Gasteiger partial charge in [-0.05, 0) is 32.9 Å². The minimum Gasteiger partial charge on any atom is -0.480 e. The highest BCUT2D eigenvalue weighted by Crippen LogP contribution is 2.28. The maximum Gasteiger partial charge on any atom is 0.433 e. The van der Waals surface area contributed by atoms with Crippen LogP contribution in [-0.4, -0.2) is 39.5 Å². The van der Waals surface area contributed by atoms with Crippen LogP contribution in [0.5, 0.6) is 0 Å². The van der Waals surface area contributed by atoms with E-state index in [-0.39, 0.29) is 17.2 Å². The number of carboxylic acids is 1. The predicted octanol–water partition coefficient (Wildman–Crippen LogP) is 3.31. The first-order valence-corrected chi connectivity index (χ1v) is 8.37. The maximum atomic E-state index is 12.6. The normalized spacial score (nSPS) is 13.2. The molecule has 1 aromatic heterocycles. The summed E-state index contributed by atoms with van der Waals surface area (Å²) >= 11 is 1.04. The highest BCUT2D eigenvalue weighted by molar-refractivity contribution is 7.98. The summed E-state index contributed by atoms with van der Waals surface area (Å²) in [5.74, 6) is -1.24. The van der Waals surface area contributed by atoms with Crippen LogP contribution in [0.1, 0.15) is 32.2 Å². The van der Waals surface area contributed by atoms with Gasteiger partial charge in [0.15, 0.2) is 0 Å². The van der Waals surface area contributed by atoms with Gasteiger partial charge in [0.05, 0.1) is 5.69 Å². The number of carboxylic acid groups (broad SMARTS) is 1. The lowest BCUT2D eigenvalue weighted by Crippen LogP contribution is -2.44. The molecule has 0 spiro atoms. The molecule has 0 aliphatic carbocycles. The predicted molar refractivity (Wildman–Crippen MR) is 86.2 cm³/mol. The molecule has 0 aliphatic heterocycles. The number of aromatic nitrogens is 1. The summed E-state index contributed by atoms with van der Waals surface area (Å²) in [4.78, 5) is 26.3. The van der Waals surface area contributed by atoms with Gasteiger partial charge in [0.2, 0.25) is 0 Å². The number of ether oxygens (including phenoxy) is 1. The summed E-state index contributed by atoms with van der Waals surface area (Å²) in [5.41, 5.74) is -1.61. The molecule has 6 nitrogen and oxygen atoms in total. The minimum atomic E-state index is -4.54. The van der Waals surface area contributed by atoms with E-state index in [0.29, 0.717) is 0 Å². The molecule has 1 heterocycles. The van der Waals surface area contributed by atoms with Crippen LogP contribution in [0.3, 0.4) is 0 Å². The molecule has 0 fully saturated rings. The first-order chi connectivity index (χ1) is 11.4. The fourth-order valence-corrected chi connectivity index (χ4v) is 2.57. The molecule has 0 saturated heterocycles. The van der Waals surface area contributed by atoms with Crippen molar-refractivity contribution in [3.63, 3.8) is 0 Å². The van der Waals surface area contributed by atoms with Crippen molar-refractivity contribution in [2.24, 2.45) is 0 Å². The fraction of sp³-hybridized carbons (Fsp3) is 0.533. The zero-order valence-electron chi connectivity index (χ0n) is 13.9. The van der Waals surface area contributed by atoms with Crippen LogP contribution in [0.4, 0.5) is 18.0 Å². The number of hydrogen-bond acceptors (Lipinski definition) is 5. The highest BCUT2D eigenvalue weighted by Gasteiger charge is 2.32. The Labute approximate surface area is 147 Å². The molecule has 1 rings (SSSR count). The average Bonchev–Trinajstić information content (AvgIpc) is 2.43. The van der Waals surface area contributed by atoms with Crippen molar-refractivity contribution in [3.05, 3.63) is 29.6 Å². The van der Waals surface area contributed by atoms with Gasteiger partial charge in [-0.3, -0.25) is 0 Å². The second kappa shape index (κ2) is 8.41. The van der Waals surface area contributed by atoms with Gasteiger partial charge in [-0.25, -0.2) is 14.6 Å². The molecule has 0 unspecified atom stereocenters. The quantitative estimate of drug-likeness (QED) is 0.787. The summed E-state index contributed by atoms with van der Waals surface area (Å²) in [5, 5.41) is 11.3. The van der Waals surface area contributed by atoms with Gasteiger partial charge in [0.1, 0.15) is 17.3 Å². The number of thioether (sulfide) groups is 1. The monoisotopic (exact) mass is 380 g/mol. The van der Waals surface area contributed by atoms with Crippen molar-refractivity contribution in [2.75, 3.05) is 5.75 Å². The molecule has 0 bridgehead atoms. The van der Waals surface area contributed by atoms with E-state index in [9.17, 15) is 22.8 Å². The van der Waals surface area contributed by atoms with Gasteiger partial charge in [-0.1, -0.05) is 6.07 Å². The second-order valence-electron chi connectivity index (χ2n) is 6.06. The van der Waals surface area contributed by atoms with Crippen LogP contribution in [0.2, 0.25) is 0 Å². The fourth-order valence-electron chi connectivity index (χ4n) is 1.62. The molecule has 2 N–H and O–H groups in total. The third kappa shape index (κ3) is 8.10. The number of pyridine rings is 1. The Bertz CT molecular complexity index is 618. The molecule has 1 atom stereocenters. The van der Waals surface area contributed by atoms with E-state index in [1.165, 1.54) is 12.1 Å². The molecule has 10 heteroatoms. The van der Waals surface area contributed by atoms with Gasteiger partial charge in [0.25, 0.3) is 0 Å². The van der Waals surface area contributed by atoms with Crippen molar-refractivity contribution in [2.45, 2.75) is 44.3 Å². The van der Waals surface area contributed by atoms with Gasteiger partial charge < -0.3 is 15.2 Å². The number of halogens is 3. The van der Waals surface area contributed by atoms with E-state index in [4.69, 9.17) is 9.84 Å². The Kier molecular flexibility index (Phi) is 7.09. The first kappa shape index (κ1) is 21.1. The maximum absolute atomic E-state index is 12.6. The zero-order valence-corrected chi connectivity index (χ0v) is 14.7. The Hall–Kier alpha value is -1.97.